The minimum absolute atomic E-state index is 0.00106. The van der Waals surface area contributed by atoms with E-state index in [1.807, 2.05) is 0 Å². The summed E-state index contributed by atoms with van der Waals surface area (Å²) in [5, 5.41) is 0. The van der Waals surface area contributed by atoms with Crippen LogP contribution in [0.1, 0.15) is 33.1 Å². The van der Waals surface area contributed by atoms with Crippen molar-refractivity contribution in [2.24, 2.45) is 5.92 Å². The maximum absolute atomic E-state index is 13.4. The molecule has 0 aromatic heterocycles. The second-order valence-electron chi connectivity index (χ2n) is 5.11. The van der Waals surface area contributed by atoms with Gasteiger partial charge in [0, 0.05) is 18.9 Å². The topological polar surface area (TPSA) is 46.6 Å². The van der Waals surface area contributed by atoms with Crippen LogP contribution in [-0.4, -0.2) is 41.4 Å². The van der Waals surface area contributed by atoms with E-state index in [0.717, 1.165) is 6.92 Å². The number of rotatable bonds is 3. The first-order valence-electron chi connectivity index (χ1n) is 6.17. The Morgan fingerprint density at radius 3 is 2.83 bits per heavy atom. The molecule has 0 aliphatic carbocycles. The fourth-order valence-corrected chi connectivity index (χ4v) is 2.90. The van der Waals surface area contributed by atoms with E-state index in [2.05, 4.69) is 0 Å². The molecule has 2 rings (SSSR count). The smallest absolute Gasteiger partial charge is 0.332 e. The molecule has 2 aliphatic rings. The minimum atomic E-state index is -2.88. The summed E-state index contributed by atoms with van der Waals surface area (Å²) in [6.07, 6.45) is 0.527. The number of hydrogen-bond acceptors (Lipinski definition) is 3. The van der Waals surface area contributed by atoms with E-state index in [0.29, 0.717) is 0 Å². The quantitative estimate of drug-likeness (QED) is 0.725. The van der Waals surface area contributed by atoms with E-state index in [9.17, 15) is 18.4 Å². The summed E-state index contributed by atoms with van der Waals surface area (Å²) >= 11 is 0. The Morgan fingerprint density at radius 1 is 1.61 bits per heavy atom. The van der Waals surface area contributed by atoms with E-state index in [-0.39, 0.29) is 38.3 Å². The lowest BCUT2D eigenvalue weighted by molar-refractivity contribution is -0.157. The summed E-state index contributed by atoms with van der Waals surface area (Å²) in [5.74, 6) is -4.62. The van der Waals surface area contributed by atoms with Gasteiger partial charge in [-0.05, 0) is 26.7 Å². The van der Waals surface area contributed by atoms with E-state index in [1.165, 1.54) is 4.90 Å². The van der Waals surface area contributed by atoms with Crippen molar-refractivity contribution in [3.05, 3.63) is 0 Å². The molecule has 6 heteroatoms. The molecule has 2 saturated heterocycles. The van der Waals surface area contributed by atoms with Gasteiger partial charge in [-0.3, -0.25) is 4.79 Å². The molecular formula is C12H17F2NO3. The maximum Gasteiger partial charge on any atom is 0.332 e. The van der Waals surface area contributed by atoms with Crippen LogP contribution >= 0.6 is 0 Å². The summed E-state index contributed by atoms with van der Waals surface area (Å²) in [6, 6.07) is 0. The van der Waals surface area contributed by atoms with Crippen molar-refractivity contribution in [1.82, 2.24) is 4.90 Å². The van der Waals surface area contributed by atoms with Crippen molar-refractivity contribution >= 4 is 11.9 Å². The summed E-state index contributed by atoms with van der Waals surface area (Å²) in [4.78, 5) is 25.0. The van der Waals surface area contributed by atoms with Crippen LogP contribution in [-0.2, 0) is 14.3 Å². The van der Waals surface area contributed by atoms with Gasteiger partial charge < -0.3 is 9.64 Å². The van der Waals surface area contributed by atoms with Crippen LogP contribution in [0.15, 0.2) is 0 Å². The van der Waals surface area contributed by atoms with Gasteiger partial charge in [0.05, 0.1) is 6.61 Å². The fourth-order valence-electron chi connectivity index (χ4n) is 2.90. The van der Waals surface area contributed by atoms with Crippen molar-refractivity contribution < 1.29 is 23.1 Å². The van der Waals surface area contributed by atoms with E-state index >= 15 is 0 Å². The molecule has 0 aromatic carbocycles. The molecule has 4 nitrogen and oxygen atoms in total. The van der Waals surface area contributed by atoms with E-state index < -0.39 is 23.3 Å². The monoisotopic (exact) mass is 261 g/mol. The van der Waals surface area contributed by atoms with Gasteiger partial charge >= 0.3 is 5.97 Å². The van der Waals surface area contributed by atoms with E-state index in [1.54, 1.807) is 6.92 Å². The highest BCUT2D eigenvalue weighted by molar-refractivity contribution is 5.92. The number of carbonyl (C=O) groups excluding carboxylic acids is 2. The Balaban J connectivity index is 2.27. The van der Waals surface area contributed by atoms with E-state index in [4.69, 9.17) is 4.74 Å². The third-order valence-corrected chi connectivity index (χ3v) is 3.93. The zero-order valence-corrected chi connectivity index (χ0v) is 10.5. The average molecular weight is 261 g/mol. The first-order valence-corrected chi connectivity index (χ1v) is 6.17. The molecule has 0 bridgehead atoms. The fraction of sp³-hybridized carbons (Fsp3) is 0.833. The summed E-state index contributed by atoms with van der Waals surface area (Å²) in [6.45, 7) is 2.64. The summed E-state index contributed by atoms with van der Waals surface area (Å²) in [7, 11) is 0. The number of esters is 1. The van der Waals surface area contributed by atoms with Crippen molar-refractivity contribution in [2.75, 3.05) is 13.2 Å². The van der Waals surface area contributed by atoms with Crippen molar-refractivity contribution in [3.8, 4) is 0 Å². The number of amides is 1. The van der Waals surface area contributed by atoms with Gasteiger partial charge in [0.25, 0.3) is 0 Å². The summed E-state index contributed by atoms with van der Waals surface area (Å²) < 4.78 is 31.7. The van der Waals surface area contributed by atoms with Crippen LogP contribution < -0.4 is 0 Å². The van der Waals surface area contributed by atoms with Gasteiger partial charge in [-0.15, -0.1) is 0 Å². The van der Waals surface area contributed by atoms with Gasteiger partial charge in [-0.1, -0.05) is 0 Å². The van der Waals surface area contributed by atoms with Crippen molar-refractivity contribution in [3.63, 3.8) is 0 Å². The molecule has 2 fully saturated rings. The zero-order valence-electron chi connectivity index (χ0n) is 10.5. The molecule has 1 amide bonds. The lowest BCUT2D eigenvalue weighted by Gasteiger charge is -2.29. The number of ether oxygens (including phenoxy) is 1. The Morgan fingerprint density at radius 2 is 2.28 bits per heavy atom. The molecule has 0 spiro atoms. The van der Waals surface area contributed by atoms with Crippen molar-refractivity contribution in [1.29, 1.82) is 0 Å². The Bertz CT molecular complexity index is 380. The van der Waals surface area contributed by atoms with Gasteiger partial charge in [0.2, 0.25) is 11.8 Å². The lowest BCUT2D eigenvalue weighted by Crippen LogP contribution is -2.48. The Labute approximate surface area is 104 Å². The molecule has 18 heavy (non-hydrogen) atoms. The first-order chi connectivity index (χ1) is 8.31. The minimum Gasteiger partial charge on any atom is -0.464 e. The highest BCUT2D eigenvalue weighted by atomic mass is 19.3. The van der Waals surface area contributed by atoms with Gasteiger partial charge in [0.1, 0.15) is 5.54 Å². The number of nitrogens with zero attached hydrogens (tertiary/aromatic N) is 1. The predicted molar refractivity (Wildman–Crippen MR) is 59.0 cm³/mol. The molecule has 2 aliphatic heterocycles. The summed E-state index contributed by atoms with van der Waals surface area (Å²) in [5.41, 5.74) is -1.14. The van der Waals surface area contributed by atoms with Crippen molar-refractivity contribution in [2.45, 2.75) is 44.6 Å². The standard InChI is InChI=1S/C12H17F2NO3/c1-3-18-10(17)12-5-4-9(16)15(12)7-8(6-12)11(2,13)14/h8H,3-7H2,1-2H3. The number of carbonyl (C=O) groups is 2. The van der Waals surface area contributed by atoms with Gasteiger partial charge in [-0.2, -0.15) is 0 Å². The molecule has 2 atom stereocenters. The lowest BCUT2D eigenvalue weighted by atomic mass is 9.87. The van der Waals surface area contributed by atoms with Gasteiger partial charge in [-0.25, -0.2) is 13.6 Å². The molecule has 2 unspecified atom stereocenters. The molecule has 102 valence electrons. The SMILES string of the molecule is CCOC(=O)C12CCC(=O)N1CC(C(C)(F)F)C2. The second-order valence-corrected chi connectivity index (χ2v) is 5.11. The van der Waals surface area contributed by atoms with Crippen LogP contribution in [0.3, 0.4) is 0 Å². The highest BCUT2D eigenvalue weighted by Gasteiger charge is 2.61. The normalized spacial score (nSPS) is 31.7. The number of fused-ring (bicyclic) bond motifs is 1. The third kappa shape index (κ3) is 1.87. The molecule has 0 N–H and O–H groups in total. The largest absolute Gasteiger partial charge is 0.464 e. The number of alkyl halides is 2. The molecule has 0 saturated carbocycles. The predicted octanol–water partition coefficient (Wildman–Crippen LogP) is 1.59. The first kappa shape index (κ1) is 13.2. The molecular weight excluding hydrogens is 244 g/mol. The second kappa shape index (κ2) is 4.17. The third-order valence-electron chi connectivity index (χ3n) is 3.93. The highest BCUT2D eigenvalue weighted by Crippen LogP contribution is 2.47. The van der Waals surface area contributed by atoms with Crippen LogP contribution in [0, 0.1) is 5.92 Å². The van der Waals surface area contributed by atoms with Crippen LogP contribution in [0.5, 0.6) is 0 Å². The Hall–Kier alpha value is -1.20. The average Bonchev–Trinajstić information content (AvgIpc) is 2.78. The number of halogens is 2. The van der Waals surface area contributed by atoms with Crippen LogP contribution in [0.4, 0.5) is 8.78 Å². The van der Waals surface area contributed by atoms with Crippen LogP contribution in [0.2, 0.25) is 0 Å². The maximum atomic E-state index is 13.4. The van der Waals surface area contributed by atoms with Crippen LogP contribution in [0.25, 0.3) is 0 Å². The molecule has 0 aromatic rings. The molecule has 0 radical (unpaired) electrons. The Kier molecular flexibility index (Phi) is 3.07. The zero-order chi connectivity index (χ0) is 13.6. The molecule has 2 heterocycles. The number of hydrogen-bond donors (Lipinski definition) is 0. The van der Waals surface area contributed by atoms with Gasteiger partial charge in [0.15, 0.2) is 0 Å².